The van der Waals surface area contributed by atoms with E-state index in [0.717, 1.165) is 17.1 Å². The number of rotatable bonds is 1. The van der Waals surface area contributed by atoms with Crippen LogP contribution in [-0.2, 0) is 10.3 Å². The van der Waals surface area contributed by atoms with E-state index in [2.05, 4.69) is 0 Å². The van der Waals surface area contributed by atoms with Gasteiger partial charge in [-0.05, 0) is 30.7 Å². The first-order chi connectivity index (χ1) is 8.63. The summed E-state index contributed by atoms with van der Waals surface area (Å²) in [7, 11) is 0. The number of benzene rings is 1. The first kappa shape index (κ1) is 11.7. The Bertz CT molecular complexity index is 519. The summed E-state index contributed by atoms with van der Waals surface area (Å²) in [6, 6.07) is 3.67. The molecule has 0 fully saturated rings. The number of aliphatic carboxylic acids is 1. The topological polar surface area (TPSA) is 81.8 Å². The van der Waals surface area contributed by atoms with Gasteiger partial charge in [0.2, 0.25) is 6.79 Å². The van der Waals surface area contributed by atoms with Crippen molar-refractivity contribution >= 4 is 17.7 Å². The Morgan fingerprint density at radius 1 is 1.44 bits per heavy atom. The number of carbonyl (C=O) groups is 1. The molecule has 1 aromatic rings. The standard InChI is InChI=1S/C12H13NO4S/c13-12(11(14)15)4-1-5-18-8-3-2-7-10(9(8)12)17-6-16-7/h2-3H,1,4-6,13H2,(H,14,15). The molecule has 0 bridgehead atoms. The average Bonchev–Trinajstić information content (AvgIpc) is 2.74. The van der Waals surface area contributed by atoms with Gasteiger partial charge in [0.1, 0.15) is 5.54 Å². The van der Waals surface area contributed by atoms with E-state index < -0.39 is 11.5 Å². The molecule has 6 heteroatoms. The zero-order valence-corrected chi connectivity index (χ0v) is 10.5. The van der Waals surface area contributed by atoms with Crippen molar-refractivity contribution in [2.45, 2.75) is 23.3 Å². The molecule has 1 atom stereocenters. The van der Waals surface area contributed by atoms with E-state index in [1.165, 1.54) is 0 Å². The maximum Gasteiger partial charge on any atom is 0.328 e. The van der Waals surface area contributed by atoms with Crippen molar-refractivity contribution in [1.82, 2.24) is 0 Å². The molecule has 0 amide bonds. The predicted molar refractivity (Wildman–Crippen MR) is 66.0 cm³/mol. The van der Waals surface area contributed by atoms with Gasteiger partial charge in [0.15, 0.2) is 11.5 Å². The van der Waals surface area contributed by atoms with Crippen LogP contribution in [0.15, 0.2) is 17.0 Å². The minimum atomic E-state index is -1.39. The Labute approximate surface area is 108 Å². The largest absolute Gasteiger partial charge is 0.480 e. The Balaban J connectivity index is 2.25. The molecule has 3 rings (SSSR count). The van der Waals surface area contributed by atoms with E-state index in [4.69, 9.17) is 15.2 Å². The first-order valence-corrected chi connectivity index (χ1v) is 6.69. The Kier molecular flexibility index (Phi) is 2.64. The minimum absolute atomic E-state index is 0.117. The van der Waals surface area contributed by atoms with E-state index in [9.17, 15) is 9.90 Å². The van der Waals surface area contributed by atoms with Gasteiger partial charge in [-0.2, -0.15) is 0 Å². The third-order valence-corrected chi connectivity index (χ3v) is 4.45. The summed E-state index contributed by atoms with van der Waals surface area (Å²) in [4.78, 5) is 12.4. The smallest absolute Gasteiger partial charge is 0.328 e. The van der Waals surface area contributed by atoms with Crippen LogP contribution in [0, 0.1) is 0 Å². The average molecular weight is 267 g/mol. The molecule has 5 nitrogen and oxygen atoms in total. The van der Waals surface area contributed by atoms with Crippen LogP contribution >= 0.6 is 11.8 Å². The molecule has 0 saturated heterocycles. The molecule has 0 saturated carbocycles. The molecule has 0 radical (unpaired) electrons. The fraction of sp³-hybridized carbons (Fsp3) is 0.417. The number of thioether (sulfide) groups is 1. The molecule has 2 heterocycles. The molecular formula is C12H13NO4S. The third kappa shape index (κ3) is 1.56. The van der Waals surface area contributed by atoms with Crippen molar-refractivity contribution < 1.29 is 19.4 Å². The van der Waals surface area contributed by atoms with Gasteiger partial charge >= 0.3 is 5.97 Å². The molecule has 0 aliphatic carbocycles. The lowest BCUT2D eigenvalue weighted by atomic mass is 9.86. The number of hydrogen-bond donors (Lipinski definition) is 2. The maximum absolute atomic E-state index is 11.6. The number of carboxylic acid groups (broad SMARTS) is 1. The molecule has 0 spiro atoms. The van der Waals surface area contributed by atoms with Gasteiger partial charge in [-0.1, -0.05) is 0 Å². The van der Waals surface area contributed by atoms with Crippen molar-refractivity contribution in [3.05, 3.63) is 17.7 Å². The predicted octanol–water partition coefficient (Wildman–Crippen LogP) is 1.54. The molecule has 1 unspecified atom stereocenters. The van der Waals surface area contributed by atoms with E-state index in [1.54, 1.807) is 11.8 Å². The Hall–Kier alpha value is -1.40. The van der Waals surface area contributed by atoms with Crippen molar-refractivity contribution in [1.29, 1.82) is 0 Å². The lowest BCUT2D eigenvalue weighted by Gasteiger charge is -2.25. The van der Waals surface area contributed by atoms with Crippen molar-refractivity contribution in [3.63, 3.8) is 0 Å². The summed E-state index contributed by atoms with van der Waals surface area (Å²) in [5, 5.41) is 9.47. The zero-order valence-electron chi connectivity index (χ0n) is 9.64. The van der Waals surface area contributed by atoms with Crippen LogP contribution in [0.4, 0.5) is 0 Å². The van der Waals surface area contributed by atoms with E-state index in [-0.39, 0.29) is 6.79 Å². The molecule has 0 aromatic heterocycles. The Morgan fingerprint density at radius 3 is 3.06 bits per heavy atom. The summed E-state index contributed by atoms with van der Waals surface area (Å²) in [6.45, 7) is 0.117. The molecule has 96 valence electrons. The fourth-order valence-electron chi connectivity index (χ4n) is 2.37. The van der Waals surface area contributed by atoms with Gasteiger partial charge in [0.25, 0.3) is 0 Å². The van der Waals surface area contributed by atoms with Gasteiger partial charge in [-0.3, -0.25) is 0 Å². The van der Waals surface area contributed by atoms with Crippen LogP contribution in [0.2, 0.25) is 0 Å². The highest BCUT2D eigenvalue weighted by molar-refractivity contribution is 7.99. The number of fused-ring (bicyclic) bond motifs is 3. The Morgan fingerprint density at radius 2 is 2.28 bits per heavy atom. The van der Waals surface area contributed by atoms with Crippen molar-refractivity contribution in [2.75, 3.05) is 12.5 Å². The van der Waals surface area contributed by atoms with Crippen LogP contribution in [0.1, 0.15) is 18.4 Å². The molecule has 18 heavy (non-hydrogen) atoms. The van der Waals surface area contributed by atoms with Crippen LogP contribution in [0.25, 0.3) is 0 Å². The quantitative estimate of drug-likeness (QED) is 0.803. The number of hydrogen-bond acceptors (Lipinski definition) is 5. The van der Waals surface area contributed by atoms with Gasteiger partial charge in [0, 0.05) is 10.5 Å². The lowest BCUT2D eigenvalue weighted by molar-refractivity contribution is -0.144. The summed E-state index contributed by atoms with van der Waals surface area (Å²) in [6.07, 6.45) is 1.17. The molecule has 1 aromatic carbocycles. The van der Waals surface area contributed by atoms with Crippen LogP contribution in [-0.4, -0.2) is 23.6 Å². The van der Waals surface area contributed by atoms with E-state index in [0.29, 0.717) is 23.5 Å². The fourth-order valence-corrected chi connectivity index (χ4v) is 3.46. The van der Waals surface area contributed by atoms with Gasteiger partial charge < -0.3 is 20.3 Å². The third-order valence-electron chi connectivity index (χ3n) is 3.30. The molecule has 2 aliphatic heterocycles. The van der Waals surface area contributed by atoms with Crippen LogP contribution in [0.5, 0.6) is 11.5 Å². The van der Waals surface area contributed by atoms with Crippen LogP contribution < -0.4 is 15.2 Å². The molecular weight excluding hydrogens is 254 g/mol. The first-order valence-electron chi connectivity index (χ1n) is 5.71. The number of ether oxygens (including phenoxy) is 2. The molecule has 2 aliphatic rings. The minimum Gasteiger partial charge on any atom is -0.480 e. The normalized spacial score (nSPS) is 25.4. The van der Waals surface area contributed by atoms with Gasteiger partial charge in [-0.15, -0.1) is 11.8 Å². The van der Waals surface area contributed by atoms with E-state index in [1.807, 2.05) is 12.1 Å². The van der Waals surface area contributed by atoms with Crippen LogP contribution in [0.3, 0.4) is 0 Å². The monoisotopic (exact) mass is 267 g/mol. The highest BCUT2D eigenvalue weighted by Gasteiger charge is 2.43. The summed E-state index contributed by atoms with van der Waals surface area (Å²) in [5.74, 6) is 0.910. The SMILES string of the molecule is NC1(C(=O)O)CCCSc2ccc3c(c21)OCO3. The van der Waals surface area contributed by atoms with Gasteiger partial charge in [0.05, 0.1) is 0 Å². The molecule has 3 N–H and O–H groups in total. The lowest BCUT2D eigenvalue weighted by Crippen LogP contribution is -2.45. The second-order valence-corrected chi connectivity index (χ2v) is 5.54. The van der Waals surface area contributed by atoms with Gasteiger partial charge in [-0.25, -0.2) is 4.79 Å². The van der Waals surface area contributed by atoms with Crippen molar-refractivity contribution in [2.24, 2.45) is 5.73 Å². The summed E-state index contributed by atoms with van der Waals surface area (Å²) in [5.41, 5.74) is 5.31. The summed E-state index contributed by atoms with van der Waals surface area (Å²) >= 11 is 1.62. The zero-order chi connectivity index (χ0) is 12.8. The second-order valence-electron chi connectivity index (χ2n) is 4.40. The van der Waals surface area contributed by atoms with Crippen molar-refractivity contribution in [3.8, 4) is 11.5 Å². The van der Waals surface area contributed by atoms with E-state index >= 15 is 0 Å². The number of carboxylic acids is 1. The number of nitrogens with two attached hydrogens (primary N) is 1. The summed E-state index contributed by atoms with van der Waals surface area (Å²) < 4.78 is 10.7. The second kappa shape index (κ2) is 4.07. The highest BCUT2D eigenvalue weighted by Crippen LogP contribution is 2.48. The highest BCUT2D eigenvalue weighted by atomic mass is 32.2. The maximum atomic E-state index is 11.6.